The van der Waals surface area contributed by atoms with Crippen LogP contribution in [0.25, 0.3) is 0 Å². The van der Waals surface area contributed by atoms with Gasteiger partial charge in [-0.15, -0.1) is 0 Å². The van der Waals surface area contributed by atoms with Crippen LogP contribution in [0.15, 0.2) is 18.2 Å². The van der Waals surface area contributed by atoms with Crippen LogP contribution in [-0.2, 0) is 0 Å². The molecule has 0 spiro atoms. The van der Waals surface area contributed by atoms with E-state index in [0.717, 1.165) is 25.7 Å². The standard InChI is InChI=1S/C17H24N2O3/c1-2-17(22)7-3-4-11-9-19(10-14(11)17)16(21)13-8-12(20)5-6-15(13)18/h5-6,8,11,14,20,22H,2-4,7,9-10,18H2,1H3/t11-,14+,17-/m1/s1. The summed E-state index contributed by atoms with van der Waals surface area (Å²) in [5, 5.41) is 20.4. The Labute approximate surface area is 130 Å². The smallest absolute Gasteiger partial charge is 0.256 e. The van der Waals surface area contributed by atoms with E-state index in [-0.39, 0.29) is 17.6 Å². The minimum atomic E-state index is -0.650. The molecule has 120 valence electrons. The van der Waals surface area contributed by atoms with Crippen LogP contribution in [0.3, 0.4) is 0 Å². The fraction of sp³-hybridized carbons (Fsp3) is 0.588. The van der Waals surface area contributed by atoms with Gasteiger partial charge in [-0.25, -0.2) is 0 Å². The molecule has 1 heterocycles. The van der Waals surface area contributed by atoms with Crippen molar-refractivity contribution in [2.75, 3.05) is 18.8 Å². The number of aromatic hydroxyl groups is 1. The van der Waals surface area contributed by atoms with E-state index >= 15 is 0 Å². The van der Waals surface area contributed by atoms with Gasteiger partial charge in [0, 0.05) is 24.7 Å². The highest BCUT2D eigenvalue weighted by atomic mass is 16.3. The van der Waals surface area contributed by atoms with Crippen LogP contribution in [0.5, 0.6) is 5.75 Å². The molecule has 3 rings (SSSR count). The molecule has 0 radical (unpaired) electrons. The van der Waals surface area contributed by atoms with Gasteiger partial charge < -0.3 is 20.8 Å². The number of likely N-dealkylation sites (tertiary alicyclic amines) is 1. The van der Waals surface area contributed by atoms with E-state index in [1.165, 1.54) is 12.1 Å². The van der Waals surface area contributed by atoms with E-state index in [1.54, 1.807) is 11.0 Å². The second-order valence-electron chi connectivity index (χ2n) is 6.70. The number of benzene rings is 1. The van der Waals surface area contributed by atoms with Gasteiger partial charge in [-0.3, -0.25) is 4.79 Å². The number of fused-ring (bicyclic) bond motifs is 1. The second-order valence-corrected chi connectivity index (χ2v) is 6.70. The molecule has 1 aliphatic heterocycles. The van der Waals surface area contributed by atoms with E-state index in [9.17, 15) is 15.0 Å². The first-order valence-corrected chi connectivity index (χ1v) is 8.05. The number of nitrogens with zero attached hydrogens (tertiary/aromatic N) is 1. The maximum Gasteiger partial charge on any atom is 0.256 e. The van der Waals surface area contributed by atoms with Gasteiger partial charge in [0.05, 0.1) is 11.2 Å². The Balaban J connectivity index is 1.82. The Morgan fingerprint density at radius 1 is 1.45 bits per heavy atom. The first-order chi connectivity index (χ1) is 10.4. The van der Waals surface area contributed by atoms with E-state index in [4.69, 9.17) is 5.73 Å². The summed E-state index contributed by atoms with van der Waals surface area (Å²) in [6.07, 6.45) is 3.62. The van der Waals surface area contributed by atoms with Crippen molar-refractivity contribution >= 4 is 11.6 Å². The summed E-state index contributed by atoms with van der Waals surface area (Å²) in [5.74, 6) is 0.399. The molecule has 1 aromatic carbocycles. The molecule has 22 heavy (non-hydrogen) atoms. The number of phenolic OH excluding ortho intramolecular Hbond substituents is 1. The van der Waals surface area contributed by atoms with Crippen LogP contribution in [-0.4, -0.2) is 39.7 Å². The molecule has 1 amide bonds. The minimum Gasteiger partial charge on any atom is -0.508 e. The summed E-state index contributed by atoms with van der Waals surface area (Å²) in [4.78, 5) is 14.5. The summed E-state index contributed by atoms with van der Waals surface area (Å²) in [6, 6.07) is 4.45. The molecule has 1 saturated carbocycles. The van der Waals surface area contributed by atoms with Crippen LogP contribution in [0.2, 0.25) is 0 Å². The molecule has 1 saturated heterocycles. The number of carbonyl (C=O) groups excluding carboxylic acids is 1. The molecule has 0 bridgehead atoms. The highest BCUT2D eigenvalue weighted by Gasteiger charge is 2.48. The van der Waals surface area contributed by atoms with Crippen molar-refractivity contribution in [2.45, 2.75) is 38.2 Å². The maximum absolute atomic E-state index is 12.7. The van der Waals surface area contributed by atoms with Crippen LogP contribution >= 0.6 is 0 Å². The number of phenols is 1. The van der Waals surface area contributed by atoms with Crippen molar-refractivity contribution in [1.82, 2.24) is 4.90 Å². The number of nitrogens with two attached hydrogens (primary N) is 1. The van der Waals surface area contributed by atoms with Gasteiger partial charge in [0.1, 0.15) is 5.75 Å². The Bertz CT molecular complexity index is 589. The van der Waals surface area contributed by atoms with Gasteiger partial charge in [-0.2, -0.15) is 0 Å². The van der Waals surface area contributed by atoms with Gasteiger partial charge in [-0.05, 0) is 43.4 Å². The molecule has 1 aromatic rings. The largest absolute Gasteiger partial charge is 0.508 e. The van der Waals surface area contributed by atoms with Gasteiger partial charge in [0.15, 0.2) is 0 Å². The Morgan fingerprint density at radius 3 is 2.95 bits per heavy atom. The average molecular weight is 304 g/mol. The van der Waals surface area contributed by atoms with Crippen molar-refractivity contribution in [3.8, 4) is 5.75 Å². The molecule has 0 aromatic heterocycles. The van der Waals surface area contributed by atoms with E-state index in [2.05, 4.69) is 0 Å². The highest BCUT2D eigenvalue weighted by Crippen LogP contribution is 2.44. The Hall–Kier alpha value is -1.75. The SMILES string of the molecule is CC[C@@]1(O)CCC[C@@H]2CN(C(=O)c3cc(O)ccc3N)C[C@@H]21. The first-order valence-electron chi connectivity index (χ1n) is 8.05. The average Bonchev–Trinajstić information content (AvgIpc) is 2.95. The number of carbonyl (C=O) groups is 1. The lowest BCUT2D eigenvalue weighted by atomic mass is 9.69. The zero-order valence-electron chi connectivity index (χ0n) is 13.0. The number of nitrogen functional groups attached to an aromatic ring is 1. The van der Waals surface area contributed by atoms with Gasteiger partial charge in [-0.1, -0.05) is 13.3 Å². The molecule has 3 atom stereocenters. The zero-order chi connectivity index (χ0) is 15.9. The number of anilines is 1. The predicted octanol–water partition coefficient (Wildman–Crippen LogP) is 1.99. The number of hydrogen-bond acceptors (Lipinski definition) is 4. The van der Waals surface area contributed by atoms with Crippen LogP contribution in [0.4, 0.5) is 5.69 Å². The van der Waals surface area contributed by atoms with Crippen molar-refractivity contribution in [3.63, 3.8) is 0 Å². The topological polar surface area (TPSA) is 86.8 Å². The number of amides is 1. The van der Waals surface area contributed by atoms with E-state index in [1.807, 2.05) is 6.92 Å². The van der Waals surface area contributed by atoms with Crippen molar-refractivity contribution in [3.05, 3.63) is 23.8 Å². The number of hydrogen-bond donors (Lipinski definition) is 3. The van der Waals surface area contributed by atoms with Crippen LogP contribution in [0.1, 0.15) is 43.0 Å². The monoisotopic (exact) mass is 304 g/mol. The van der Waals surface area contributed by atoms with Crippen molar-refractivity contribution in [2.24, 2.45) is 11.8 Å². The van der Waals surface area contributed by atoms with Crippen LogP contribution < -0.4 is 5.73 Å². The van der Waals surface area contributed by atoms with Gasteiger partial charge >= 0.3 is 0 Å². The summed E-state index contributed by atoms with van der Waals surface area (Å²) in [6.45, 7) is 3.25. The van der Waals surface area contributed by atoms with Crippen molar-refractivity contribution < 1.29 is 15.0 Å². The zero-order valence-corrected chi connectivity index (χ0v) is 13.0. The molecule has 5 heteroatoms. The van der Waals surface area contributed by atoms with Crippen LogP contribution in [0, 0.1) is 11.8 Å². The van der Waals surface area contributed by atoms with Gasteiger partial charge in [0.25, 0.3) is 5.91 Å². The maximum atomic E-state index is 12.7. The molecule has 1 aliphatic carbocycles. The normalized spacial score (nSPS) is 31.1. The lowest BCUT2D eigenvalue weighted by Gasteiger charge is -2.40. The summed E-state index contributed by atoms with van der Waals surface area (Å²) in [5.41, 5.74) is 5.95. The second kappa shape index (κ2) is 5.47. The third kappa shape index (κ3) is 2.43. The van der Waals surface area contributed by atoms with E-state index in [0.29, 0.717) is 30.3 Å². The first kappa shape index (κ1) is 15.2. The number of aliphatic hydroxyl groups is 1. The lowest BCUT2D eigenvalue weighted by molar-refractivity contribution is -0.0609. The lowest BCUT2D eigenvalue weighted by Crippen LogP contribution is -2.44. The molecule has 2 aliphatic rings. The number of rotatable bonds is 2. The fourth-order valence-electron chi connectivity index (χ4n) is 4.13. The molecular formula is C17H24N2O3. The summed E-state index contributed by atoms with van der Waals surface area (Å²) < 4.78 is 0. The van der Waals surface area contributed by atoms with Crippen molar-refractivity contribution in [1.29, 1.82) is 0 Å². The minimum absolute atomic E-state index is 0.0410. The van der Waals surface area contributed by atoms with Gasteiger partial charge in [0.2, 0.25) is 0 Å². The molecule has 5 nitrogen and oxygen atoms in total. The molecular weight excluding hydrogens is 280 g/mol. The summed E-state index contributed by atoms with van der Waals surface area (Å²) >= 11 is 0. The van der Waals surface area contributed by atoms with E-state index < -0.39 is 5.60 Å². The Kier molecular flexibility index (Phi) is 3.77. The quantitative estimate of drug-likeness (QED) is 0.576. The third-order valence-corrected chi connectivity index (χ3v) is 5.48. The highest BCUT2D eigenvalue weighted by molar-refractivity contribution is 5.99. The molecule has 0 unspecified atom stereocenters. The Morgan fingerprint density at radius 2 is 2.23 bits per heavy atom. The summed E-state index contributed by atoms with van der Waals surface area (Å²) in [7, 11) is 0. The molecule has 4 N–H and O–H groups in total. The predicted molar refractivity (Wildman–Crippen MR) is 84.5 cm³/mol. The molecule has 2 fully saturated rings. The fourth-order valence-corrected chi connectivity index (χ4v) is 4.13. The third-order valence-electron chi connectivity index (χ3n) is 5.48.